The van der Waals surface area contributed by atoms with Crippen LogP contribution in [0.1, 0.15) is 101 Å². The van der Waals surface area contributed by atoms with Crippen molar-refractivity contribution < 1.29 is 9.53 Å². The summed E-state index contributed by atoms with van der Waals surface area (Å²) in [5, 5.41) is 9.15. The summed E-state index contributed by atoms with van der Waals surface area (Å²) in [4.78, 5) is 15.0. The van der Waals surface area contributed by atoms with E-state index in [-0.39, 0.29) is 16.7 Å². The van der Waals surface area contributed by atoms with Crippen molar-refractivity contribution in [1.82, 2.24) is 0 Å². The molecule has 2 aromatic rings. The standard InChI is InChI=1S/C28H36N2O2/c1-10-11-20(21-14-23(27(4,5)6)25(30-17-31)12-18(21)2)22-15-24(28(7,8)9)26(32-16-29)13-19(22)3/h12-15,20H,10-11H2,1-9H3. The minimum Gasteiger partial charge on any atom is -0.388 e. The van der Waals surface area contributed by atoms with Crippen molar-refractivity contribution >= 4 is 11.8 Å². The van der Waals surface area contributed by atoms with Gasteiger partial charge in [0.05, 0.1) is 5.69 Å². The van der Waals surface area contributed by atoms with Crippen LogP contribution in [0, 0.1) is 25.4 Å². The molecule has 0 aromatic heterocycles. The second kappa shape index (κ2) is 9.72. The van der Waals surface area contributed by atoms with E-state index in [2.05, 4.69) is 79.4 Å². The molecule has 0 radical (unpaired) electrons. The highest BCUT2D eigenvalue weighted by Gasteiger charge is 2.27. The second-order valence-electron chi connectivity index (χ2n) is 10.7. The lowest BCUT2D eigenvalue weighted by Crippen LogP contribution is -2.16. The predicted molar refractivity (Wildman–Crippen MR) is 131 cm³/mol. The maximum absolute atomic E-state index is 11.0. The molecule has 4 heteroatoms. The lowest BCUT2D eigenvalue weighted by molar-refractivity contribution is 0.472. The third-order valence-electron chi connectivity index (χ3n) is 6.02. The van der Waals surface area contributed by atoms with Crippen LogP contribution in [0.25, 0.3) is 0 Å². The van der Waals surface area contributed by atoms with Crippen LogP contribution in [0.2, 0.25) is 0 Å². The van der Waals surface area contributed by atoms with Crippen molar-refractivity contribution in [3.63, 3.8) is 0 Å². The fourth-order valence-electron chi connectivity index (χ4n) is 4.39. The third-order valence-corrected chi connectivity index (χ3v) is 6.02. The molecular formula is C28H36N2O2. The summed E-state index contributed by atoms with van der Waals surface area (Å²) in [6.07, 6.45) is 5.58. The van der Waals surface area contributed by atoms with E-state index in [0.29, 0.717) is 11.4 Å². The van der Waals surface area contributed by atoms with E-state index in [1.54, 1.807) is 6.08 Å². The number of rotatable bonds is 6. The molecule has 0 bridgehead atoms. The summed E-state index contributed by atoms with van der Waals surface area (Å²) in [6.45, 7) is 19.2. The zero-order valence-electron chi connectivity index (χ0n) is 21.0. The normalized spacial score (nSPS) is 12.6. The van der Waals surface area contributed by atoms with Crippen LogP contribution in [0.3, 0.4) is 0 Å². The van der Waals surface area contributed by atoms with E-state index in [9.17, 15) is 4.79 Å². The monoisotopic (exact) mass is 432 g/mol. The van der Waals surface area contributed by atoms with Gasteiger partial charge in [-0.25, -0.2) is 4.79 Å². The molecule has 0 aliphatic carbocycles. The average Bonchev–Trinajstić information content (AvgIpc) is 2.66. The lowest BCUT2D eigenvalue weighted by Gasteiger charge is -2.29. The molecule has 0 N–H and O–H groups in total. The highest BCUT2D eigenvalue weighted by molar-refractivity contribution is 5.61. The van der Waals surface area contributed by atoms with Crippen LogP contribution in [0.15, 0.2) is 29.3 Å². The molecule has 0 amide bonds. The summed E-state index contributed by atoms with van der Waals surface area (Å²) >= 11 is 0. The van der Waals surface area contributed by atoms with Crippen LogP contribution >= 0.6 is 0 Å². The van der Waals surface area contributed by atoms with E-state index in [1.807, 2.05) is 18.4 Å². The SMILES string of the molecule is CCCC(c1cc(C(C)(C)C)c(N=C=O)cc1C)c1cc(C(C)(C)C)c(OC#N)cc1C. The molecule has 2 aromatic carbocycles. The topological polar surface area (TPSA) is 62.4 Å². The van der Waals surface area contributed by atoms with Gasteiger partial charge in [-0.3, -0.25) is 0 Å². The Morgan fingerprint density at radius 1 is 0.938 bits per heavy atom. The van der Waals surface area contributed by atoms with Crippen molar-refractivity contribution in [2.24, 2.45) is 4.99 Å². The first-order valence-corrected chi connectivity index (χ1v) is 11.3. The number of ether oxygens (including phenoxy) is 1. The molecule has 1 atom stereocenters. The largest absolute Gasteiger partial charge is 0.388 e. The molecule has 32 heavy (non-hydrogen) atoms. The first-order chi connectivity index (χ1) is 14.8. The second-order valence-corrected chi connectivity index (χ2v) is 10.7. The van der Waals surface area contributed by atoms with Crippen LogP contribution < -0.4 is 4.74 Å². The highest BCUT2D eigenvalue weighted by Crippen LogP contribution is 2.42. The number of carbonyl (C=O) groups excluding carboxylic acids is 1. The number of benzene rings is 2. The molecule has 0 saturated heterocycles. The minimum atomic E-state index is -0.167. The van der Waals surface area contributed by atoms with E-state index in [1.165, 1.54) is 11.1 Å². The minimum absolute atomic E-state index is 0.162. The summed E-state index contributed by atoms with van der Waals surface area (Å²) in [6, 6.07) is 8.45. The maximum atomic E-state index is 11.0. The van der Waals surface area contributed by atoms with Gasteiger partial charge in [0.25, 0.3) is 6.26 Å². The third kappa shape index (κ3) is 5.47. The molecule has 0 aliphatic rings. The lowest BCUT2D eigenvalue weighted by atomic mass is 9.76. The maximum Gasteiger partial charge on any atom is 0.292 e. The molecule has 0 aliphatic heterocycles. The van der Waals surface area contributed by atoms with Crippen LogP contribution in [0.5, 0.6) is 5.75 Å². The van der Waals surface area contributed by atoms with Gasteiger partial charge in [0, 0.05) is 11.5 Å². The molecule has 0 saturated carbocycles. The van der Waals surface area contributed by atoms with Gasteiger partial charge in [-0.1, -0.05) is 67.0 Å². The van der Waals surface area contributed by atoms with Crippen molar-refractivity contribution in [1.29, 1.82) is 5.26 Å². The van der Waals surface area contributed by atoms with E-state index >= 15 is 0 Å². The summed E-state index contributed by atoms with van der Waals surface area (Å²) in [5.74, 6) is 0.812. The number of nitrogens with zero attached hydrogens (tertiary/aromatic N) is 2. The van der Waals surface area contributed by atoms with E-state index in [4.69, 9.17) is 10.00 Å². The Morgan fingerprint density at radius 2 is 1.47 bits per heavy atom. The van der Waals surface area contributed by atoms with Crippen molar-refractivity contribution in [2.45, 2.75) is 91.9 Å². The Kier molecular flexibility index (Phi) is 7.70. The predicted octanol–water partition coefficient (Wildman–Crippen LogP) is 7.66. The van der Waals surface area contributed by atoms with Crippen LogP contribution in [0.4, 0.5) is 5.69 Å². The molecule has 0 heterocycles. The smallest absolute Gasteiger partial charge is 0.292 e. The first kappa shape index (κ1) is 25.4. The quantitative estimate of drug-likeness (QED) is 0.267. The van der Waals surface area contributed by atoms with Gasteiger partial charge in [-0.05, 0) is 71.0 Å². The van der Waals surface area contributed by atoms with Gasteiger partial charge < -0.3 is 4.74 Å². The Bertz CT molecular complexity index is 1070. The number of isocyanates is 1. The molecular weight excluding hydrogens is 396 g/mol. The van der Waals surface area contributed by atoms with Crippen molar-refractivity contribution in [2.75, 3.05) is 0 Å². The number of hydrogen-bond acceptors (Lipinski definition) is 4. The molecule has 1 unspecified atom stereocenters. The molecule has 4 nitrogen and oxygen atoms in total. The van der Waals surface area contributed by atoms with Gasteiger partial charge in [0.1, 0.15) is 5.75 Å². The zero-order valence-corrected chi connectivity index (χ0v) is 21.0. The van der Waals surface area contributed by atoms with Crippen molar-refractivity contribution in [3.05, 3.63) is 57.6 Å². The molecule has 2 rings (SSSR count). The summed E-state index contributed by atoms with van der Waals surface area (Å²) in [7, 11) is 0. The Balaban J connectivity index is 2.83. The Labute approximate surface area is 193 Å². The van der Waals surface area contributed by atoms with Crippen molar-refractivity contribution in [3.8, 4) is 12.0 Å². The average molecular weight is 433 g/mol. The first-order valence-electron chi connectivity index (χ1n) is 11.3. The fraction of sp³-hybridized carbons (Fsp3) is 0.500. The number of hydrogen-bond donors (Lipinski definition) is 0. The van der Waals surface area contributed by atoms with Gasteiger partial charge >= 0.3 is 0 Å². The summed E-state index contributed by atoms with van der Waals surface area (Å²) < 4.78 is 5.33. The zero-order chi connectivity index (χ0) is 24.3. The number of aryl methyl sites for hydroxylation is 2. The van der Waals surface area contributed by atoms with Gasteiger partial charge in [0.15, 0.2) is 0 Å². The highest BCUT2D eigenvalue weighted by atomic mass is 16.5. The van der Waals surface area contributed by atoms with Gasteiger partial charge in [0.2, 0.25) is 6.08 Å². The van der Waals surface area contributed by atoms with Gasteiger partial charge in [-0.2, -0.15) is 4.99 Å². The molecule has 0 spiro atoms. The fourth-order valence-corrected chi connectivity index (χ4v) is 4.39. The van der Waals surface area contributed by atoms with Crippen LogP contribution in [-0.2, 0) is 15.6 Å². The number of nitriles is 1. The number of aliphatic imine (C=N–C) groups is 1. The molecule has 0 fully saturated rings. The van der Waals surface area contributed by atoms with E-state index in [0.717, 1.165) is 35.1 Å². The molecule has 170 valence electrons. The van der Waals surface area contributed by atoms with Gasteiger partial charge in [-0.15, -0.1) is 5.26 Å². The van der Waals surface area contributed by atoms with Crippen LogP contribution in [-0.4, -0.2) is 6.08 Å². The Hall–Kier alpha value is -2.89. The summed E-state index contributed by atoms with van der Waals surface area (Å²) in [5.41, 5.74) is 7.14. The van der Waals surface area contributed by atoms with E-state index < -0.39 is 0 Å². The Morgan fingerprint density at radius 3 is 1.94 bits per heavy atom.